The van der Waals surface area contributed by atoms with E-state index in [1.54, 1.807) is 17.0 Å². The van der Waals surface area contributed by atoms with Crippen LogP contribution in [0, 0.1) is 0 Å². The van der Waals surface area contributed by atoms with E-state index in [2.05, 4.69) is 16.0 Å². The minimum atomic E-state index is -2.45. The van der Waals surface area contributed by atoms with Crippen molar-refractivity contribution in [1.29, 1.82) is 0 Å². The van der Waals surface area contributed by atoms with E-state index in [9.17, 15) is 23.2 Å². The first kappa shape index (κ1) is 21.8. The third kappa shape index (κ3) is 4.60. The maximum Gasteiger partial charge on any atom is 0.255 e. The van der Waals surface area contributed by atoms with Gasteiger partial charge in [-0.15, -0.1) is 0 Å². The Kier molecular flexibility index (Phi) is 6.59. The first-order valence-electron chi connectivity index (χ1n) is 10.6. The molecule has 0 spiro atoms. The molecule has 0 saturated carbocycles. The van der Waals surface area contributed by atoms with E-state index in [0.717, 1.165) is 11.1 Å². The molecule has 3 heterocycles. The number of imide groups is 1. The van der Waals surface area contributed by atoms with Crippen molar-refractivity contribution in [3.05, 3.63) is 34.9 Å². The van der Waals surface area contributed by atoms with Gasteiger partial charge in [0.2, 0.25) is 11.8 Å². The van der Waals surface area contributed by atoms with Crippen molar-refractivity contribution in [2.24, 2.45) is 0 Å². The number of fused-ring (bicyclic) bond motifs is 1. The van der Waals surface area contributed by atoms with Crippen LogP contribution >= 0.6 is 0 Å². The number of rotatable bonds is 7. The second kappa shape index (κ2) is 9.37. The Morgan fingerprint density at radius 3 is 2.65 bits per heavy atom. The fourth-order valence-corrected chi connectivity index (χ4v) is 4.56. The number of piperidine rings is 1. The smallest absolute Gasteiger partial charge is 0.255 e. The molecule has 1 aromatic rings. The van der Waals surface area contributed by atoms with Crippen molar-refractivity contribution in [2.75, 3.05) is 32.7 Å². The average Bonchev–Trinajstić information content (AvgIpc) is 3.09. The van der Waals surface area contributed by atoms with Gasteiger partial charge in [0.1, 0.15) is 6.04 Å². The van der Waals surface area contributed by atoms with Gasteiger partial charge in [0.05, 0.1) is 6.04 Å². The van der Waals surface area contributed by atoms with E-state index >= 15 is 0 Å². The second-order valence-electron chi connectivity index (χ2n) is 8.16. The summed E-state index contributed by atoms with van der Waals surface area (Å²) in [5.41, 5.74) is 2.19. The molecule has 1 aromatic carbocycles. The highest BCUT2D eigenvalue weighted by atomic mass is 19.3. The quantitative estimate of drug-likeness (QED) is 0.525. The zero-order chi connectivity index (χ0) is 22.0. The third-order valence-corrected chi connectivity index (χ3v) is 6.26. The van der Waals surface area contributed by atoms with Gasteiger partial charge < -0.3 is 15.5 Å². The van der Waals surface area contributed by atoms with Crippen LogP contribution in [-0.4, -0.2) is 78.8 Å². The lowest BCUT2D eigenvalue weighted by Gasteiger charge is -2.34. The normalized spacial score (nSPS) is 23.3. The lowest BCUT2D eigenvalue weighted by atomic mass is 10.0. The number of carbonyl (C=O) groups excluding carboxylic acids is 3. The summed E-state index contributed by atoms with van der Waals surface area (Å²) in [6, 6.07) is 3.82. The predicted octanol–water partition coefficient (Wildman–Crippen LogP) is 0.0761. The SMILES string of the molecule is O=C1CCC(N2Cc3c(CNCC(C(F)F)N4CCNCC4)cccc3C2=O)C(=O)N1. The minimum Gasteiger partial charge on any atom is -0.322 e. The molecule has 4 rings (SSSR count). The number of amides is 3. The summed E-state index contributed by atoms with van der Waals surface area (Å²) in [5.74, 6) is -1.01. The van der Waals surface area contributed by atoms with Gasteiger partial charge in [-0.25, -0.2) is 8.78 Å². The summed E-state index contributed by atoms with van der Waals surface area (Å²) in [6.45, 7) is 3.36. The molecule has 2 saturated heterocycles. The fourth-order valence-electron chi connectivity index (χ4n) is 4.56. The topological polar surface area (TPSA) is 93.8 Å². The van der Waals surface area contributed by atoms with Gasteiger partial charge in [0.25, 0.3) is 12.3 Å². The summed E-state index contributed by atoms with van der Waals surface area (Å²) < 4.78 is 27.2. The third-order valence-electron chi connectivity index (χ3n) is 6.26. The predicted molar refractivity (Wildman–Crippen MR) is 108 cm³/mol. The van der Waals surface area contributed by atoms with Crippen LogP contribution < -0.4 is 16.0 Å². The number of piperazine rings is 1. The molecule has 3 N–H and O–H groups in total. The van der Waals surface area contributed by atoms with Crippen LogP contribution in [0.15, 0.2) is 18.2 Å². The first-order chi connectivity index (χ1) is 15.0. The molecule has 8 nitrogen and oxygen atoms in total. The van der Waals surface area contributed by atoms with Gasteiger partial charge in [0.15, 0.2) is 0 Å². The van der Waals surface area contributed by atoms with Crippen LogP contribution in [0.25, 0.3) is 0 Å². The van der Waals surface area contributed by atoms with E-state index < -0.39 is 24.4 Å². The zero-order valence-electron chi connectivity index (χ0n) is 17.2. The van der Waals surface area contributed by atoms with Crippen molar-refractivity contribution >= 4 is 17.7 Å². The summed E-state index contributed by atoms with van der Waals surface area (Å²) in [4.78, 5) is 39.8. The second-order valence-corrected chi connectivity index (χ2v) is 8.16. The van der Waals surface area contributed by atoms with E-state index in [1.807, 2.05) is 6.07 Å². The molecule has 2 unspecified atom stereocenters. The summed E-state index contributed by atoms with van der Waals surface area (Å²) >= 11 is 0. The number of hydrogen-bond donors (Lipinski definition) is 3. The maximum absolute atomic E-state index is 13.6. The summed E-state index contributed by atoms with van der Waals surface area (Å²) in [6.07, 6.45) is -1.94. The van der Waals surface area contributed by atoms with Gasteiger partial charge in [0, 0.05) is 57.8 Å². The lowest BCUT2D eigenvalue weighted by molar-refractivity contribution is -0.136. The van der Waals surface area contributed by atoms with Crippen LogP contribution in [0.4, 0.5) is 8.78 Å². The fraction of sp³-hybridized carbons (Fsp3) is 0.571. The lowest BCUT2D eigenvalue weighted by Crippen LogP contribution is -2.54. The Bertz CT molecular complexity index is 859. The molecule has 2 atom stereocenters. The molecule has 0 aliphatic carbocycles. The average molecular weight is 435 g/mol. The van der Waals surface area contributed by atoms with Gasteiger partial charge in [-0.2, -0.15) is 0 Å². The van der Waals surface area contributed by atoms with Crippen LogP contribution in [0.2, 0.25) is 0 Å². The van der Waals surface area contributed by atoms with Gasteiger partial charge in [-0.05, 0) is 23.6 Å². The van der Waals surface area contributed by atoms with Crippen molar-refractivity contribution in [3.8, 4) is 0 Å². The molecule has 31 heavy (non-hydrogen) atoms. The Balaban J connectivity index is 1.41. The number of halogens is 2. The molecular weight excluding hydrogens is 408 g/mol. The Morgan fingerprint density at radius 1 is 1.16 bits per heavy atom. The number of carbonyl (C=O) groups is 3. The standard InChI is InChI=1S/C21H27F2N5O3/c22-19(23)17(27-8-6-24-7-9-27)11-25-10-13-2-1-3-14-15(13)12-28(21(14)31)16-4-5-18(29)26-20(16)30/h1-3,16-17,19,24-25H,4-12H2,(H,26,29,30). The first-order valence-corrected chi connectivity index (χ1v) is 10.6. The van der Waals surface area contributed by atoms with Gasteiger partial charge >= 0.3 is 0 Å². The van der Waals surface area contributed by atoms with E-state index in [1.165, 1.54) is 4.90 Å². The molecule has 168 valence electrons. The number of alkyl halides is 2. The van der Waals surface area contributed by atoms with Crippen molar-refractivity contribution in [1.82, 2.24) is 25.8 Å². The van der Waals surface area contributed by atoms with Crippen molar-refractivity contribution in [3.63, 3.8) is 0 Å². The van der Waals surface area contributed by atoms with Crippen LogP contribution in [0.3, 0.4) is 0 Å². The zero-order valence-corrected chi connectivity index (χ0v) is 17.2. The molecular formula is C21H27F2N5O3. The van der Waals surface area contributed by atoms with Crippen LogP contribution in [0.5, 0.6) is 0 Å². The molecule has 2 fully saturated rings. The van der Waals surface area contributed by atoms with Crippen LogP contribution in [-0.2, 0) is 22.7 Å². The minimum absolute atomic E-state index is 0.145. The molecule has 10 heteroatoms. The highest BCUT2D eigenvalue weighted by Gasteiger charge is 2.39. The highest BCUT2D eigenvalue weighted by molar-refractivity contribution is 6.05. The monoisotopic (exact) mass is 435 g/mol. The Hall–Kier alpha value is -2.43. The number of hydrogen-bond acceptors (Lipinski definition) is 6. The molecule has 3 aliphatic rings. The van der Waals surface area contributed by atoms with E-state index in [0.29, 0.717) is 44.7 Å². The summed E-state index contributed by atoms with van der Waals surface area (Å²) in [5, 5.41) is 8.60. The van der Waals surface area contributed by atoms with Crippen LogP contribution in [0.1, 0.15) is 34.3 Å². The van der Waals surface area contributed by atoms with Gasteiger partial charge in [-0.3, -0.25) is 24.6 Å². The van der Waals surface area contributed by atoms with E-state index in [-0.39, 0.29) is 31.3 Å². The Morgan fingerprint density at radius 2 is 1.94 bits per heavy atom. The number of benzene rings is 1. The van der Waals surface area contributed by atoms with Crippen molar-refractivity contribution < 1.29 is 23.2 Å². The Labute approximate surface area is 179 Å². The van der Waals surface area contributed by atoms with Crippen molar-refractivity contribution in [2.45, 2.75) is 44.4 Å². The molecule has 3 amide bonds. The van der Waals surface area contributed by atoms with E-state index in [4.69, 9.17) is 0 Å². The largest absolute Gasteiger partial charge is 0.322 e. The molecule has 0 bridgehead atoms. The van der Waals surface area contributed by atoms with Gasteiger partial charge in [-0.1, -0.05) is 12.1 Å². The molecule has 0 aromatic heterocycles. The number of nitrogens with zero attached hydrogens (tertiary/aromatic N) is 2. The molecule has 3 aliphatic heterocycles. The highest BCUT2D eigenvalue weighted by Crippen LogP contribution is 2.29. The number of nitrogens with one attached hydrogen (secondary N) is 3. The summed E-state index contributed by atoms with van der Waals surface area (Å²) in [7, 11) is 0. The molecule has 0 radical (unpaired) electrons. The maximum atomic E-state index is 13.6.